The summed E-state index contributed by atoms with van der Waals surface area (Å²) in [6.07, 6.45) is 5.97. The molecule has 6 heteroatoms. The molecule has 1 aromatic carbocycles. The van der Waals surface area contributed by atoms with Crippen molar-refractivity contribution >= 4 is 11.8 Å². The van der Waals surface area contributed by atoms with Crippen LogP contribution in [0.15, 0.2) is 48.9 Å². The van der Waals surface area contributed by atoms with Crippen molar-refractivity contribution in [1.29, 1.82) is 0 Å². The van der Waals surface area contributed by atoms with Crippen molar-refractivity contribution in [2.45, 2.75) is 6.42 Å². The van der Waals surface area contributed by atoms with E-state index in [4.69, 9.17) is 0 Å². The van der Waals surface area contributed by atoms with Crippen molar-refractivity contribution in [3.8, 4) is 0 Å². The van der Waals surface area contributed by atoms with Gasteiger partial charge >= 0.3 is 6.03 Å². The Balaban J connectivity index is 1.41. The van der Waals surface area contributed by atoms with Crippen molar-refractivity contribution in [1.82, 2.24) is 20.2 Å². The molecule has 1 aliphatic rings. The van der Waals surface area contributed by atoms with Gasteiger partial charge in [-0.3, -0.25) is 4.98 Å². The van der Waals surface area contributed by atoms with Gasteiger partial charge in [-0.2, -0.15) is 0 Å². The molecule has 1 aromatic heterocycles. The number of urea groups is 1. The van der Waals surface area contributed by atoms with Crippen LogP contribution in [-0.2, 0) is 6.42 Å². The van der Waals surface area contributed by atoms with Crippen LogP contribution in [-0.4, -0.2) is 53.6 Å². The number of carbonyl (C=O) groups is 1. The number of benzene rings is 1. The van der Waals surface area contributed by atoms with Gasteiger partial charge in [-0.05, 0) is 12.0 Å². The summed E-state index contributed by atoms with van der Waals surface area (Å²) in [6.45, 7) is 3.63. The van der Waals surface area contributed by atoms with Gasteiger partial charge in [-0.1, -0.05) is 30.3 Å². The van der Waals surface area contributed by atoms with E-state index in [1.165, 1.54) is 5.56 Å². The van der Waals surface area contributed by atoms with Crippen LogP contribution in [0, 0.1) is 0 Å². The minimum Gasteiger partial charge on any atom is -0.352 e. The Kier molecular flexibility index (Phi) is 5.03. The Labute approximate surface area is 136 Å². The molecule has 23 heavy (non-hydrogen) atoms. The fraction of sp³-hybridized carbons (Fsp3) is 0.353. The van der Waals surface area contributed by atoms with Gasteiger partial charge in [0.05, 0.1) is 6.20 Å². The van der Waals surface area contributed by atoms with Crippen molar-refractivity contribution in [2.24, 2.45) is 0 Å². The number of hydrogen-bond donors (Lipinski definition) is 1. The van der Waals surface area contributed by atoms with Gasteiger partial charge in [0.25, 0.3) is 0 Å². The third kappa shape index (κ3) is 4.18. The van der Waals surface area contributed by atoms with E-state index < -0.39 is 0 Å². The molecule has 3 rings (SSSR count). The lowest BCUT2D eigenvalue weighted by atomic mass is 10.1. The Hall–Kier alpha value is -2.63. The number of piperazine rings is 1. The van der Waals surface area contributed by atoms with Crippen LogP contribution in [0.5, 0.6) is 0 Å². The lowest BCUT2D eigenvalue weighted by Crippen LogP contribution is -2.52. The molecule has 0 unspecified atom stereocenters. The predicted octanol–water partition coefficient (Wildman–Crippen LogP) is 1.55. The first-order valence-electron chi connectivity index (χ1n) is 7.90. The van der Waals surface area contributed by atoms with E-state index in [0.29, 0.717) is 19.6 Å². The zero-order valence-corrected chi connectivity index (χ0v) is 13.1. The van der Waals surface area contributed by atoms with E-state index >= 15 is 0 Å². The average molecular weight is 311 g/mol. The highest BCUT2D eigenvalue weighted by atomic mass is 16.2. The van der Waals surface area contributed by atoms with Gasteiger partial charge < -0.3 is 15.1 Å². The summed E-state index contributed by atoms with van der Waals surface area (Å²) in [5.74, 6) is 0.872. The largest absolute Gasteiger partial charge is 0.352 e. The Morgan fingerprint density at radius 1 is 1.09 bits per heavy atom. The quantitative estimate of drug-likeness (QED) is 0.930. The van der Waals surface area contributed by atoms with Crippen molar-refractivity contribution in [3.63, 3.8) is 0 Å². The molecule has 0 atom stereocenters. The number of nitrogens with one attached hydrogen (secondary N) is 1. The molecule has 0 radical (unpaired) electrons. The number of nitrogens with zero attached hydrogens (tertiary/aromatic N) is 4. The Bertz CT molecular complexity index is 611. The van der Waals surface area contributed by atoms with Gasteiger partial charge in [0.15, 0.2) is 0 Å². The molecule has 0 aliphatic carbocycles. The number of hydrogen-bond acceptors (Lipinski definition) is 4. The first-order chi connectivity index (χ1) is 11.3. The second-order valence-corrected chi connectivity index (χ2v) is 5.51. The van der Waals surface area contributed by atoms with Gasteiger partial charge in [0.2, 0.25) is 0 Å². The summed E-state index contributed by atoms with van der Waals surface area (Å²) in [7, 11) is 0. The monoisotopic (exact) mass is 311 g/mol. The van der Waals surface area contributed by atoms with E-state index in [1.807, 2.05) is 23.1 Å². The van der Waals surface area contributed by atoms with Crippen LogP contribution in [0.3, 0.4) is 0 Å². The summed E-state index contributed by atoms with van der Waals surface area (Å²) >= 11 is 0. The van der Waals surface area contributed by atoms with Crippen LogP contribution in [0.1, 0.15) is 5.56 Å². The van der Waals surface area contributed by atoms with Crippen LogP contribution >= 0.6 is 0 Å². The standard InChI is InChI=1S/C17H21N5O/c23-17(20-7-6-15-4-2-1-3-5-15)22-12-10-21(11-13-22)16-14-18-8-9-19-16/h1-5,8-9,14H,6-7,10-13H2,(H,20,23). The molecule has 2 aromatic rings. The van der Waals surface area contributed by atoms with Gasteiger partial charge in [-0.25, -0.2) is 9.78 Å². The predicted molar refractivity (Wildman–Crippen MR) is 89.4 cm³/mol. The molecule has 0 saturated carbocycles. The summed E-state index contributed by atoms with van der Waals surface area (Å²) in [4.78, 5) is 24.6. The van der Waals surface area contributed by atoms with Crippen molar-refractivity contribution in [2.75, 3.05) is 37.6 Å². The third-order valence-electron chi connectivity index (χ3n) is 3.97. The molecular weight excluding hydrogens is 290 g/mol. The lowest BCUT2D eigenvalue weighted by molar-refractivity contribution is 0.194. The minimum absolute atomic E-state index is 0.0136. The average Bonchev–Trinajstić information content (AvgIpc) is 2.63. The highest BCUT2D eigenvalue weighted by Gasteiger charge is 2.21. The van der Waals surface area contributed by atoms with E-state index in [1.54, 1.807) is 18.6 Å². The van der Waals surface area contributed by atoms with E-state index in [9.17, 15) is 4.79 Å². The van der Waals surface area contributed by atoms with Crippen molar-refractivity contribution in [3.05, 3.63) is 54.5 Å². The number of amides is 2. The first kappa shape index (κ1) is 15.3. The minimum atomic E-state index is 0.0136. The molecule has 1 saturated heterocycles. The van der Waals surface area contributed by atoms with Gasteiger partial charge in [0.1, 0.15) is 5.82 Å². The zero-order chi connectivity index (χ0) is 15.9. The topological polar surface area (TPSA) is 61.4 Å². The van der Waals surface area contributed by atoms with Crippen LogP contribution in [0.4, 0.5) is 10.6 Å². The first-order valence-corrected chi connectivity index (χ1v) is 7.90. The maximum Gasteiger partial charge on any atom is 0.317 e. The smallest absolute Gasteiger partial charge is 0.317 e. The fourth-order valence-electron chi connectivity index (χ4n) is 2.66. The maximum atomic E-state index is 12.2. The molecular formula is C17H21N5O. The number of aromatic nitrogens is 2. The summed E-state index contributed by atoms with van der Waals surface area (Å²) in [5, 5.41) is 3.00. The van der Waals surface area contributed by atoms with Gasteiger partial charge in [-0.15, -0.1) is 0 Å². The molecule has 120 valence electrons. The molecule has 0 spiro atoms. The summed E-state index contributed by atoms with van der Waals surface area (Å²) < 4.78 is 0. The van der Waals surface area contributed by atoms with E-state index in [2.05, 4.69) is 32.3 Å². The molecule has 0 bridgehead atoms. The molecule has 2 amide bonds. The molecule has 6 nitrogen and oxygen atoms in total. The fourth-order valence-corrected chi connectivity index (χ4v) is 2.66. The number of anilines is 1. The highest BCUT2D eigenvalue weighted by Crippen LogP contribution is 2.11. The molecule has 1 N–H and O–H groups in total. The normalized spacial score (nSPS) is 14.6. The van der Waals surface area contributed by atoms with E-state index in [0.717, 1.165) is 25.3 Å². The maximum absolute atomic E-state index is 12.2. The van der Waals surface area contributed by atoms with Crippen molar-refractivity contribution < 1.29 is 4.79 Å². The van der Waals surface area contributed by atoms with Crippen LogP contribution in [0.2, 0.25) is 0 Å². The third-order valence-corrected chi connectivity index (χ3v) is 3.97. The summed E-state index contributed by atoms with van der Waals surface area (Å²) in [6, 6.07) is 10.2. The highest BCUT2D eigenvalue weighted by molar-refractivity contribution is 5.74. The van der Waals surface area contributed by atoms with Gasteiger partial charge in [0, 0.05) is 45.1 Å². The molecule has 1 fully saturated rings. The molecule has 1 aliphatic heterocycles. The SMILES string of the molecule is O=C(NCCc1ccccc1)N1CCN(c2cnccn2)CC1. The second kappa shape index (κ2) is 7.58. The Morgan fingerprint density at radius 3 is 2.57 bits per heavy atom. The zero-order valence-electron chi connectivity index (χ0n) is 13.1. The Morgan fingerprint density at radius 2 is 1.87 bits per heavy atom. The van der Waals surface area contributed by atoms with Crippen LogP contribution in [0.25, 0.3) is 0 Å². The lowest BCUT2D eigenvalue weighted by Gasteiger charge is -2.35. The molecule has 2 heterocycles. The van der Waals surface area contributed by atoms with E-state index in [-0.39, 0.29) is 6.03 Å². The second-order valence-electron chi connectivity index (χ2n) is 5.51. The number of rotatable bonds is 4. The summed E-state index contributed by atoms with van der Waals surface area (Å²) in [5.41, 5.74) is 1.24. The number of carbonyl (C=O) groups excluding carboxylic acids is 1. The van der Waals surface area contributed by atoms with Crippen LogP contribution < -0.4 is 10.2 Å².